The van der Waals surface area contributed by atoms with Gasteiger partial charge in [0.15, 0.2) is 6.61 Å². The average molecular weight is 472 g/mol. The van der Waals surface area contributed by atoms with Gasteiger partial charge in [0.25, 0.3) is 17.7 Å². The molecule has 8 nitrogen and oxygen atoms in total. The van der Waals surface area contributed by atoms with E-state index in [4.69, 9.17) is 9.47 Å². The monoisotopic (exact) mass is 472 g/mol. The second kappa shape index (κ2) is 10.6. The average Bonchev–Trinajstić information content (AvgIpc) is 3.12. The van der Waals surface area contributed by atoms with Crippen LogP contribution in [0.3, 0.4) is 0 Å². The summed E-state index contributed by atoms with van der Waals surface area (Å²) in [5.41, 5.74) is 2.02. The van der Waals surface area contributed by atoms with Crippen molar-refractivity contribution in [3.8, 4) is 5.75 Å². The molecule has 3 aromatic carbocycles. The molecule has 0 atom stereocenters. The Morgan fingerprint density at radius 2 is 1.60 bits per heavy atom. The van der Waals surface area contributed by atoms with Gasteiger partial charge in [-0.05, 0) is 61.4 Å². The fraction of sp³-hybridized carbons (Fsp3) is 0.185. The van der Waals surface area contributed by atoms with E-state index in [1.165, 1.54) is 23.1 Å². The number of imide groups is 1. The number of anilines is 1. The predicted octanol–water partition coefficient (Wildman–Crippen LogP) is 3.72. The van der Waals surface area contributed by atoms with E-state index in [2.05, 4.69) is 5.32 Å². The number of esters is 1. The van der Waals surface area contributed by atoms with Gasteiger partial charge in [-0.25, -0.2) is 4.79 Å². The second-order valence-electron chi connectivity index (χ2n) is 7.84. The number of fused-ring (bicyclic) bond motifs is 1. The molecule has 3 amide bonds. The number of benzene rings is 3. The van der Waals surface area contributed by atoms with Crippen LogP contribution in [0.25, 0.3) is 0 Å². The van der Waals surface area contributed by atoms with Crippen molar-refractivity contribution in [1.29, 1.82) is 0 Å². The zero-order chi connectivity index (χ0) is 24.8. The molecule has 35 heavy (non-hydrogen) atoms. The Labute approximate surface area is 202 Å². The minimum Gasteiger partial charge on any atom is -0.494 e. The molecular weight excluding hydrogens is 448 g/mol. The molecule has 0 bridgehead atoms. The Bertz CT molecular complexity index is 1250. The first-order valence-electron chi connectivity index (χ1n) is 11.2. The molecule has 178 valence electrons. The van der Waals surface area contributed by atoms with Crippen molar-refractivity contribution in [3.63, 3.8) is 0 Å². The topological polar surface area (TPSA) is 102 Å². The lowest BCUT2D eigenvalue weighted by Crippen LogP contribution is -2.31. The van der Waals surface area contributed by atoms with Crippen LogP contribution in [0.2, 0.25) is 0 Å². The number of carbonyl (C=O) groups excluding carboxylic acids is 4. The number of rotatable bonds is 9. The molecule has 0 aliphatic carbocycles. The summed E-state index contributed by atoms with van der Waals surface area (Å²) in [5, 5.41) is 2.63. The van der Waals surface area contributed by atoms with E-state index < -0.39 is 30.3 Å². The van der Waals surface area contributed by atoms with E-state index in [0.717, 1.165) is 5.56 Å². The maximum absolute atomic E-state index is 12.8. The Kier molecular flexibility index (Phi) is 7.21. The minimum atomic E-state index is -0.766. The van der Waals surface area contributed by atoms with Gasteiger partial charge in [-0.2, -0.15) is 0 Å². The van der Waals surface area contributed by atoms with Gasteiger partial charge in [0.2, 0.25) is 0 Å². The Morgan fingerprint density at radius 1 is 0.886 bits per heavy atom. The second-order valence-corrected chi connectivity index (χ2v) is 7.84. The van der Waals surface area contributed by atoms with Crippen LogP contribution in [0, 0.1) is 0 Å². The standard InChI is InChI=1S/C27H24N2O6/c1-2-34-21-11-9-20(10-12-21)28-24(30)17-35-27(33)19-8-13-22-23(16-19)26(32)29(25(22)31)15-14-18-6-4-3-5-7-18/h3-13,16H,2,14-15,17H2,1H3,(H,28,30). The van der Waals surface area contributed by atoms with Gasteiger partial charge in [-0.3, -0.25) is 19.3 Å². The quantitative estimate of drug-likeness (QED) is 0.376. The number of nitrogens with zero attached hydrogens (tertiary/aromatic N) is 1. The summed E-state index contributed by atoms with van der Waals surface area (Å²) < 4.78 is 10.4. The number of hydrogen-bond donors (Lipinski definition) is 1. The molecule has 0 aromatic heterocycles. The first-order valence-corrected chi connectivity index (χ1v) is 11.2. The minimum absolute atomic E-state index is 0.0867. The number of hydrogen-bond acceptors (Lipinski definition) is 6. The summed E-state index contributed by atoms with van der Waals surface area (Å²) in [5.74, 6) is -1.45. The third-order valence-corrected chi connectivity index (χ3v) is 5.46. The Hall–Kier alpha value is -4.46. The number of carbonyl (C=O) groups is 4. The first-order chi connectivity index (χ1) is 17.0. The summed E-state index contributed by atoms with van der Waals surface area (Å²) in [6.07, 6.45) is 0.532. The fourth-order valence-corrected chi connectivity index (χ4v) is 3.72. The molecule has 0 fully saturated rings. The van der Waals surface area contributed by atoms with Crippen molar-refractivity contribution in [2.45, 2.75) is 13.3 Å². The van der Waals surface area contributed by atoms with Crippen molar-refractivity contribution >= 4 is 29.4 Å². The van der Waals surface area contributed by atoms with Crippen LogP contribution in [0.4, 0.5) is 5.69 Å². The lowest BCUT2D eigenvalue weighted by atomic mass is 10.1. The van der Waals surface area contributed by atoms with Gasteiger partial charge in [-0.1, -0.05) is 30.3 Å². The number of ether oxygens (including phenoxy) is 2. The van der Waals surface area contributed by atoms with E-state index in [1.54, 1.807) is 24.3 Å². The van der Waals surface area contributed by atoms with E-state index in [0.29, 0.717) is 24.5 Å². The van der Waals surface area contributed by atoms with Crippen molar-refractivity contribution in [1.82, 2.24) is 4.90 Å². The summed E-state index contributed by atoms with van der Waals surface area (Å²) in [6, 6.07) is 20.5. The molecule has 0 unspecified atom stereocenters. The lowest BCUT2D eigenvalue weighted by Gasteiger charge is -2.13. The van der Waals surface area contributed by atoms with E-state index >= 15 is 0 Å². The van der Waals surface area contributed by atoms with Crippen LogP contribution >= 0.6 is 0 Å². The van der Waals surface area contributed by atoms with Crippen LogP contribution in [0.1, 0.15) is 43.6 Å². The number of nitrogens with one attached hydrogen (secondary N) is 1. The Balaban J connectivity index is 1.34. The predicted molar refractivity (Wildman–Crippen MR) is 128 cm³/mol. The molecule has 1 aliphatic heterocycles. The van der Waals surface area contributed by atoms with Gasteiger partial charge < -0.3 is 14.8 Å². The maximum Gasteiger partial charge on any atom is 0.338 e. The first kappa shape index (κ1) is 23.7. The highest BCUT2D eigenvalue weighted by Gasteiger charge is 2.35. The van der Waals surface area contributed by atoms with E-state index in [9.17, 15) is 19.2 Å². The van der Waals surface area contributed by atoms with Crippen LogP contribution < -0.4 is 10.1 Å². The normalized spacial score (nSPS) is 12.3. The molecule has 1 heterocycles. The zero-order valence-corrected chi connectivity index (χ0v) is 19.2. The molecule has 1 aliphatic rings. The van der Waals surface area contributed by atoms with Gasteiger partial charge in [0.1, 0.15) is 5.75 Å². The fourth-order valence-electron chi connectivity index (χ4n) is 3.72. The van der Waals surface area contributed by atoms with E-state index in [1.807, 2.05) is 37.3 Å². The van der Waals surface area contributed by atoms with Crippen molar-refractivity contribution in [2.24, 2.45) is 0 Å². The zero-order valence-electron chi connectivity index (χ0n) is 19.2. The van der Waals surface area contributed by atoms with Crippen LogP contribution in [0.5, 0.6) is 5.75 Å². The highest BCUT2D eigenvalue weighted by atomic mass is 16.5. The molecule has 0 spiro atoms. The summed E-state index contributed by atoms with van der Waals surface area (Å²) >= 11 is 0. The summed E-state index contributed by atoms with van der Waals surface area (Å²) in [7, 11) is 0. The third kappa shape index (κ3) is 5.55. The van der Waals surface area contributed by atoms with Gasteiger partial charge >= 0.3 is 5.97 Å². The van der Waals surface area contributed by atoms with Crippen LogP contribution in [0.15, 0.2) is 72.8 Å². The SMILES string of the molecule is CCOc1ccc(NC(=O)COC(=O)c2ccc3c(c2)C(=O)N(CCc2ccccc2)C3=O)cc1. The van der Waals surface area contributed by atoms with Crippen LogP contribution in [-0.2, 0) is 16.0 Å². The highest BCUT2D eigenvalue weighted by Crippen LogP contribution is 2.25. The molecule has 0 radical (unpaired) electrons. The Morgan fingerprint density at radius 3 is 2.31 bits per heavy atom. The number of amides is 3. The van der Waals surface area contributed by atoms with Crippen molar-refractivity contribution in [3.05, 3.63) is 95.1 Å². The lowest BCUT2D eigenvalue weighted by molar-refractivity contribution is -0.119. The molecule has 1 N–H and O–H groups in total. The molecule has 0 saturated heterocycles. The highest BCUT2D eigenvalue weighted by molar-refractivity contribution is 6.22. The van der Waals surface area contributed by atoms with Crippen molar-refractivity contribution < 1.29 is 28.7 Å². The van der Waals surface area contributed by atoms with Crippen molar-refractivity contribution in [2.75, 3.05) is 25.1 Å². The molecule has 4 rings (SSSR count). The molecule has 3 aromatic rings. The van der Waals surface area contributed by atoms with Gasteiger partial charge in [0, 0.05) is 12.2 Å². The third-order valence-electron chi connectivity index (χ3n) is 5.46. The summed E-state index contributed by atoms with van der Waals surface area (Å²) in [4.78, 5) is 51.3. The molecular formula is C27H24N2O6. The largest absolute Gasteiger partial charge is 0.494 e. The maximum atomic E-state index is 12.8. The van der Waals surface area contributed by atoms with Gasteiger partial charge in [-0.15, -0.1) is 0 Å². The molecule has 0 saturated carbocycles. The molecule has 8 heteroatoms. The summed E-state index contributed by atoms with van der Waals surface area (Å²) in [6.45, 7) is 2.15. The van der Waals surface area contributed by atoms with Gasteiger partial charge in [0.05, 0.1) is 23.3 Å². The van der Waals surface area contributed by atoms with E-state index in [-0.39, 0.29) is 23.2 Å². The smallest absolute Gasteiger partial charge is 0.338 e. The van der Waals surface area contributed by atoms with Crippen LogP contribution in [-0.4, -0.2) is 48.3 Å².